The molecule has 0 aromatic heterocycles. The Bertz CT molecular complexity index is 406. The third kappa shape index (κ3) is 3.39. The molecule has 1 N–H and O–H groups in total. The van der Waals surface area contributed by atoms with Crippen molar-refractivity contribution in [2.24, 2.45) is 17.8 Å². The number of nitrogens with zero attached hydrogens (tertiary/aromatic N) is 2. The van der Waals surface area contributed by atoms with Crippen LogP contribution in [0.4, 0.5) is 0 Å². The van der Waals surface area contributed by atoms with E-state index < -0.39 is 0 Å². The van der Waals surface area contributed by atoms with Crippen LogP contribution in [0.5, 0.6) is 0 Å². The SMILES string of the molecule is CN(CC(=O)N1CCNCC1)C(=O)CC1CC2CCC1C2. The van der Waals surface area contributed by atoms with Crippen LogP contribution < -0.4 is 5.32 Å². The Morgan fingerprint density at radius 3 is 2.57 bits per heavy atom. The first kappa shape index (κ1) is 14.8. The molecule has 1 saturated heterocycles. The monoisotopic (exact) mass is 293 g/mol. The zero-order chi connectivity index (χ0) is 14.8. The summed E-state index contributed by atoms with van der Waals surface area (Å²) in [7, 11) is 1.77. The smallest absolute Gasteiger partial charge is 0.242 e. The Hall–Kier alpha value is -1.10. The molecule has 118 valence electrons. The van der Waals surface area contributed by atoms with E-state index in [1.54, 1.807) is 11.9 Å². The number of rotatable bonds is 4. The van der Waals surface area contributed by atoms with Crippen molar-refractivity contribution >= 4 is 11.8 Å². The number of hydrogen-bond acceptors (Lipinski definition) is 3. The first-order chi connectivity index (χ1) is 10.1. The quantitative estimate of drug-likeness (QED) is 0.830. The Morgan fingerprint density at radius 1 is 1.19 bits per heavy atom. The van der Waals surface area contributed by atoms with Crippen molar-refractivity contribution in [2.75, 3.05) is 39.8 Å². The van der Waals surface area contributed by atoms with Crippen LogP contribution in [0.1, 0.15) is 32.1 Å². The van der Waals surface area contributed by atoms with Crippen molar-refractivity contribution in [3.05, 3.63) is 0 Å². The van der Waals surface area contributed by atoms with E-state index in [1.807, 2.05) is 4.90 Å². The third-order valence-corrected chi connectivity index (χ3v) is 5.59. The van der Waals surface area contributed by atoms with Crippen LogP contribution in [0.15, 0.2) is 0 Å². The van der Waals surface area contributed by atoms with E-state index in [2.05, 4.69) is 5.32 Å². The molecule has 1 aliphatic heterocycles. The average molecular weight is 293 g/mol. The number of hydrogen-bond donors (Lipinski definition) is 1. The summed E-state index contributed by atoms with van der Waals surface area (Å²) in [6.45, 7) is 3.46. The first-order valence-corrected chi connectivity index (χ1v) is 8.36. The predicted octanol–water partition coefficient (Wildman–Crippen LogP) is 0.703. The van der Waals surface area contributed by atoms with Crippen molar-refractivity contribution in [1.82, 2.24) is 15.1 Å². The number of fused-ring (bicyclic) bond motifs is 2. The van der Waals surface area contributed by atoms with Gasteiger partial charge < -0.3 is 15.1 Å². The molecule has 21 heavy (non-hydrogen) atoms. The van der Waals surface area contributed by atoms with Crippen LogP contribution in [0.2, 0.25) is 0 Å². The minimum absolute atomic E-state index is 0.0836. The highest BCUT2D eigenvalue weighted by molar-refractivity contribution is 5.84. The van der Waals surface area contributed by atoms with E-state index in [0.717, 1.165) is 38.0 Å². The second-order valence-electron chi connectivity index (χ2n) is 7.02. The minimum atomic E-state index is 0.0836. The molecular weight excluding hydrogens is 266 g/mol. The summed E-state index contributed by atoms with van der Waals surface area (Å²) in [5.41, 5.74) is 0. The Kier molecular flexibility index (Phi) is 4.48. The zero-order valence-corrected chi connectivity index (χ0v) is 13.0. The van der Waals surface area contributed by atoms with Gasteiger partial charge in [0.1, 0.15) is 0 Å². The highest BCUT2D eigenvalue weighted by Crippen LogP contribution is 2.49. The molecule has 0 aromatic rings. The summed E-state index contributed by atoms with van der Waals surface area (Å²) in [6, 6.07) is 0. The van der Waals surface area contributed by atoms with Crippen molar-refractivity contribution in [3.8, 4) is 0 Å². The fourth-order valence-electron chi connectivity index (χ4n) is 4.31. The predicted molar refractivity (Wildman–Crippen MR) is 80.6 cm³/mol. The number of nitrogens with one attached hydrogen (secondary N) is 1. The summed E-state index contributed by atoms with van der Waals surface area (Å²) < 4.78 is 0. The maximum Gasteiger partial charge on any atom is 0.242 e. The second kappa shape index (κ2) is 6.34. The standard InChI is InChI=1S/C16H27N3O2/c1-18(11-16(21)19-6-4-17-5-7-19)15(20)10-14-9-12-2-3-13(14)8-12/h12-14,17H,2-11H2,1H3. The fourth-order valence-corrected chi connectivity index (χ4v) is 4.31. The van der Waals surface area contributed by atoms with Crippen LogP contribution in [-0.4, -0.2) is 61.4 Å². The minimum Gasteiger partial charge on any atom is -0.339 e. The molecule has 2 aliphatic carbocycles. The van der Waals surface area contributed by atoms with Gasteiger partial charge in [0.15, 0.2) is 0 Å². The summed E-state index contributed by atoms with van der Waals surface area (Å²) >= 11 is 0. The van der Waals surface area contributed by atoms with Gasteiger partial charge in [-0.25, -0.2) is 0 Å². The molecule has 3 unspecified atom stereocenters. The van der Waals surface area contributed by atoms with Crippen LogP contribution in [0.25, 0.3) is 0 Å². The third-order valence-electron chi connectivity index (χ3n) is 5.59. The van der Waals surface area contributed by atoms with Gasteiger partial charge in [-0.3, -0.25) is 9.59 Å². The molecule has 5 nitrogen and oxygen atoms in total. The summed E-state index contributed by atoms with van der Waals surface area (Å²) in [5.74, 6) is 2.46. The lowest BCUT2D eigenvalue weighted by Crippen LogP contribution is -2.49. The van der Waals surface area contributed by atoms with Crippen LogP contribution in [0, 0.1) is 17.8 Å². The van der Waals surface area contributed by atoms with Gasteiger partial charge in [0.05, 0.1) is 6.54 Å². The molecule has 3 rings (SSSR count). The van der Waals surface area contributed by atoms with E-state index >= 15 is 0 Å². The van der Waals surface area contributed by atoms with E-state index in [1.165, 1.54) is 25.7 Å². The lowest BCUT2D eigenvalue weighted by molar-refractivity contribution is -0.140. The highest BCUT2D eigenvalue weighted by Gasteiger charge is 2.40. The molecule has 0 aromatic carbocycles. The number of likely N-dealkylation sites (N-methyl/N-ethyl adjacent to an activating group) is 1. The fraction of sp³-hybridized carbons (Fsp3) is 0.875. The van der Waals surface area contributed by atoms with Gasteiger partial charge in [-0.05, 0) is 37.0 Å². The lowest BCUT2D eigenvalue weighted by atomic mass is 9.86. The topological polar surface area (TPSA) is 52.7 Å². The van der Waals surface area contributed by atoms with Crippen molar-refractivity contribution in [2.45, 2.75) is 32.1 Å². The number of carbonyl (C=O) groups excluding carboxylic acids is 2. The Labute approximate surface area is 127 Å². The van der Waals surface area contributed by atoms with Gasteiger partial charge >= 0.3 is 0 Å². The van der Waals surface area contributed by atoms with E-state index in [-0.39, 0.29) is 18.4 Å². The number of piperazine rings is 1. The van der Waals surface area contributed by atoms with Crippen molar-refractivity contribution in [1.29, 1.82) is 0 Å². The summed E-state index contributed by atoms with van der Waals surface area (Å²) in [5, 5.41) is 3.23. The second-order valence-corrected chi connectivity index (χ2v) is 7.02. The molecule has 0 radical (unpaired) electrons. The largest absolute Gasteiger partial charge is 0.339 e. The van der Waals surface area contributed by atoms with Gasteiger partial charge in [0.2, 0.25) is 11.8 Å². The summed E-state index contributed by atoms with van der Waals surface area (Å²) in [4.78, 5) is 28.0. The van der Waals surface area contributed by atoms with Crippen molar-refractivity contribution in [3.63, 3.8) is 0 Å². The molecule has 2 bridgehead atoms. The van der Waals surface area contributed by atoms with Crippen molar-refractivity contribution < 1.29 is 9.59 Å². The molecule has 5 heteroatoms. The molecule has 2 saturated carbocycles. The molecule has 3 fully saturated rings. The Balaban J connectivity index is 1.44. The zero-order valence-electron chi connectivity index (χ0n) is 13.0. The number of carbonyl (C=O) groups is 2. The van der Waals surface area contributed by atoms with E-state index in [4.69, 9.17) is 0 Å². The van der Waals surface area contributed by atoms with Gasteiger partial charge in [-0.1, -0.05) is 6.42 Å². The van der Waals surface area contributed by atoms with E-state index in [0.29, 0.717) is 12.3 Å². The van der Waals surface area contributed by atoms with E-state index in [9.17, 15) is 9.59 Å². The average Bonchev–Trinajstić information content (AvgIpc) is 3.10. The molecule has 2 amide bonds. The molecular formula is C16H27N3O2. The van der Waals surface area contributed by atoms with Crippen LogP contribution in [0.3, 0.4) is 0 Å². The van der Waals surface area contributed by atoms with Gasteiger partial charge in [-0.15, -0.1) is 0 Å². The van der Waals surface area contributed by atoms with Gasteiger partial charge in [-0.2, -0.15) is 0 Å². The first-order valence-electron chi connectivity index (χ1n) is 8.36. The highest BCUT2D eigenvalue weighted by atomic mass is 16.2. The molecule has 0 spiro atoms. The Morgan fingerprint density at radius 2 is 1.95 bits per heavy atom. The maximum atomic E-state index is 12.3. The molecule has 3 aliphatic rings. The maximum absolute atomic E-state index is 12.3. The molecule has 3 atom stereocenters. The lowest BCUT2D eigenvalue weighted by Gasteiger charge is -2.30. The van der Waals surface area contributed by atoms with Gasteiger partial charge in [0.25, 0.3) is 0 Å². The molecule has 1 heterocycles. The van der Waals surface area contributed by atoms with Crippen LogP contribution >= 0.6 is 0 Å². The van der Waals surface area contributed by atoms with Gasteiger partial charge in [0, 0.05) is 39.6 Å². The normalized spacial score (nSPS) is 31.5. The number of amides is 2. The van der Waals surface area contributed by atoms with Crippen LogP contribution in [-0.2, 0) is 9.59 Å². The summed E-state index contributed by atoms with van der Waals surface area (Å²) in [6.07, 6.45) is 5.89.